The van der Waals surface area contributed by atoms with Crippen molar-refractivity contribution in [2.75, 3.05) is 13.1 Å². The molecular formula is C21H35N7O4. The molecular weight excluding hydrogens is 414 g/mol. The smallest absolute Gasteiger partial charge is 0.326 e. The lowest BCUT2D eigenvalue weighted by Crippen LogP contribution is -2.55. The van der Waals surface area contributed by atoms with E-state index in [0.29, 0.717) is 38.8 Å². The van der Waals surface area contributed by atoms with Crippen LogP contribution in [0.15, 0.2) is 30.3 Å². The number of carbonyl (C=O) groups excluding carboxylic acids is 2. The topological polar surface area (TPSA) is 209 Å². The lowest BCUT2D eigenvalue weighted by atomic mass is 10.0. The largest absolute Gasteiger partial charge is 0.480 e. The summed E-state index contributed by atoms with van der Waals surface area (Å²) >= 11 is 0. The Morgan fingerprint density at radius 2 is 1.62 bits per heavy atom. The molecule has 0 fully saturated rings. The van der Waals surface area contributed by atoms with Crippen LogP contribution < -0.4 is 33.2 Å². The van der Waals surface area contributed by atoms with Gasteiger partial charge in [0.05, 0.1) is 6.04 Å². The molecule has 32 heavy (non-hydrogen) atoms. The number of carboxylic acid groups (broad SMARTS) is 1. The van der Waals surface area contributed by atoms with E-state index in [2.05, 4.69) is 16.0 Å². The molecule has 0 aliphatic rings. The van der Waals surface area contributed by atoms with Crippen molar-refractivity contribution < 1.29 is 19.5 Å². The van der Waals surface area contributed by atoms with E-state index < -0.39 is 35.9 Å². The minimum absolute atomic E-state index is 0.165. The second-order valence-electron chi connectivity index (χ2n) is 7.52. The quantitative estimate of drug-likeness (QED) is 0.0943. The molecule has 0 unspecified atom stereocenters. The van der Waals surface area contributed by atoms with Crippen LogP contribution in [0.25, 0.3) is 0 Å². The molecule has 0 bridgehead atoms. The number of unbranched alkanes of at least 4 members (excludes halogenated alkanes) is 1. The van der Waals surface area contributed by atoms with E-state index in [1.165, 1.54) is 0 Å². The molecule has 0 aromatic heterocycles. The number of benzene rings is 1. The molecule has 2 amide bonds. The van der Waals surface area contributed by atoms with Gasteiger partial charge in [-0.3, -0.25) is 15.0 Å². The van der Waals surface area contributed by atoms with Gasteiger partial charge in [-0.15, -0.1) is 0 Å². The number of carboxylic acids is 1. The van der Waals surface area contributed by atoms with Crippen molar-refractivity contribution in [1.29, 1.82) is 5.41 Å². The normalized spacial score (nSPS) is 13.4. The molecule has 11 heteroatoms. The number of amides is 2. The first-order chi connectivity index (χ1) is 15.2. The van der Waals surface area contributed by atoms with Gasteiger partial charge in [0.15, 0.2) is 5.96 Å². The van der Waals surface area contributed by atoms with Gasteiger partial charge in [-0.1, -0.05) is 30.3 Å². The van der Waals surface area contributed by atoms with E-state index in [0.717, 1.165) is 5.56 Å². The minimum atomic E-state index is -1.14. The predicted octanol–water partition coefficient (Wildman–Crippen LogP) is -0.997. The third kappa shape index (κ3) is 10.7. The van der Waals surface area contributed by atoms with Crippen molar-refractivity contribution in [3.63, 3.8) is 0 Å². The molecule has 0 spiro atoms. The molecule has 0 aliphatic heterocycles. The Morgan fingerprint density at radius 3 is 2.22 bits per heavy atom. The van der Waals surface area contributed by atoms with E-state index >= 15 is 0 Å². The molecule has 11 N–H and O–H groups in total. The van der Waals surface area contributed by atoms with E-state index in [-0.39, 0.29) is 18.8 Å². The summed E-state index contributed by atoms with van der Waals surface area (Å²) in [5.41, 5.74) is 17.4. The predicted molar refractivity (Wildman–Crippen MR) is 122 cm³/mol. The highest BCUT2D eigenvalue weighted by atomic mass is 16.4. The van der Waals surface area contributed by atoms with Gasteiger partial charge in [0.1, 0.15) is 12.1 Å². The highest BCUT2D eigenvalue weighted by molar-refractivity contribution is 5.92. The zero-order valence-corrected chi connectivity index (χ0v) is 18.2. The van der Waals surface area contributed by atoms with Crippen LogP contribution in [0.5, 0.6) is 0 Å². The SMILES string of the molecule is N=C(N)NCCC[C@H](N)C(=O)N[C@@H](Cc1ccccc1)C(=O)N[C@@H](CCCCN)C(=O)O. The first-order valence-electron chi connectivity index (χ1n) is 10.7. The van der Waals surface area contributed by atoms with Crippen LogP contribution in [0, 0.1) is 5.41 Å². The molecule has 1 aromatic rings. The van der Waals surface area contributed by atoms with Gasteiger partial charge in [-0.2, -0.15) is 0 Å². The van der Waals surface area contributed by atoms with Crippen LogP contribution in [0.3, 0.4) is 0 Å². The molecule has 0 aliphatic carbocycles. The number of hydrogen-bond donors (Lipinski definition) is 8. The summed E-state index contributed by atoms with van der Waals surface area (Å²) < 4.78 is 0. The van der Waals surface area contributed by atoms with Gasteiger partial charge in [0.25, 0.3) is 0 Å². The number of nitrogens with one attached hydrogen (secondary N) is 4. The highest BCUT2D eigenvalue weighted by Crippen LogP contribution is 2.07. The Kier molecular flexibility index (Phi) is 12.4. The fraction of sp³-hybridized carbons (Fsp3) is 0.524. The number of guanidine groups is 1. The van der Waals surface area contributed by atoms with Crippen LogP contribution in [0.4, 0.5) is 0 Å². The zero-order chi connectivity index (χ0) is 23.9. The number of hydrogen-bond acceptors (Lipinski definition) is 6. The summed E-state index contributed by atoms with van der Waals surface area (Å²) in [5, 5.41) is 24.4. The summed E-state index contributed by atoms with van der Waals surface area (Å²) in [4.78, 5) is 37.0. The average Bonchev–Trinajstić information content (AvgIpc) is 2.75. The zero-order valence-electron chi connectivity index (χ0n) is 18.2. The van der Waals surface area contributed by atoms with E-state index in [9.17, 15) is 19.5 Å². The second-order valence-corrected chi connectivity index (χ2v) is 7.52. The van der Waals surface area contributed by atoms with E-state index in [1.807, 2.05) is 30.3 Å². The van der Waals surface area contributed by atoms with Gasteiger partial charge < -0.3 is 38.3 Å². The van der Waals surface area contributed by atoms with E-state index in [4.69, 9.17) is 22.6 Å². The molecule has 0 heterocycles. The van der Waals surface area contributed by atoms with Gasteiger partial charge in [0, 0.05) is 13.0 Å². The van der Waals surface area contributed by atoms with Crippen molar-refractivity contribution in [1.82, 2.24) is 16.0 Å². The third-order valence-electron chi connectivity index (χ3n) is 4.82. The minimum Gasteiger partial charge on any atom is -0.480 e. The first kappa shape index (κ1) is 26.9. The van der Waals surface area contributed by atoms with Crippen LogP contribution in [-0.2, 0) is 20.8 Å². The number of carbonyl (C=O) groups is 3. The second kappa shape index (κ2) is 14.8. The summed E-state index contributed by atoms with van der Waals surface area (Å²) in [5.74, 6) is -2.41. The number of rotatable bonds is 15. The molecule has 1 aromatic carbocycles. The lowest BCUT2D eigenvalue weighted by Gasteiger charge is -2.23. The average molecular weight is 450 g/mol. The molecule has 0 saturated heterocycles. The maximum Gasteiger partial charge on any atom is 0.326 e. The van der Waals surface area contributed by atoms with Gasteiger partial charge in [-0.05, 0) is 44.2 Å². The lowest BCUT2D eigenvalue weighted by molar-refractivity contribution is -0.142. The van der Waals surface area contributed by atoms with Gasteiger partial charge >= 0.3 is 5.97 Å². The van der Waals surface area contributed by atoms with E-state index in [1.54, 1.807) is 0 Å². The summed E-state index contributed by atoms with van der Waals surface area (Å²) in [7, 11) is 0. The Labute approximate surface area is 188 Å². The van der Waals surface area contributed by atoms with Crippen LogP contribution >= 0.6 is 0 Å². The molecule has 3 atom stereocenters. The first-order valence-corrected chi connectivity index (χ1v) is 10.7. The van der Waals surface area contributed by atoms with Crippen LogP contribution in [-0.4, -0.2) is 60.1 Å². The van der Waals surface area contributed by atoms with Crippen molar-refractivity contribution in [2.24, 2.45) is 17.2 Å². The Balaban J connectivity index is 2.80. The molecule has 11 nitrogen and oxygen atoms in total. The molecule has 0 saturated carbocycles. The summed E-state index contributed by atoms with van der Waals surface area (Å²) in [6, 6.07) is 6.17. The number of aliphatic carboxylic acids is 1. The van der Waals surface area contributed by atoms with Crippen molar-refractivity contribution in [3.05, 3.63) is 35.9 Å². The van der Waals surface area contributed by atoms with Crippen LogP contribution in [0.2, 0.25) is 0 Å². The summed E-state index contributed by atoms with van der Waals surface area (Å²) in [6.45, 7) is 0.833. The fourth-order valence-corrected chi connectivity index (χ4v) is 3.04. The molecule has 1 rings (SSSR count). The standard InChI is InChI=1S/C21H35N7O4/c22-11-5-4-10-16(20(31)32)27-19(30)17(13-14-7-2-1-3-8-14)28-18(29)15(23)9-6-12-26-21(24)25/h1-3,7-8,15-17H,4-6,9-13,22-23H2,(H,27,30)(H,28,29)(H,31,32)(H4,24,25,26)/t15-,16-,17-/m0/s1. The van der Waals surface area contributed by atoms with Gasteiger partial charge in [-0.25, -0.2) is 4.79 Å². The fourth-order valence-electron chi connectivity index (χ4n) is 3.04. The van der Waals surface area contributed by atoms with Crippen molar-refractivity contribution in [2.45, 2.75) is 56.7 Å². The molecule has 0 radical (unpaired) electrons. The maximum absolute atomic E-state index is 12.9. The Morgan fingerprint density at radius 1 is 0.969 bits per heavy atom. The Hall–Kier alpha value is -3.18. The Bertz CT molecular complexity index is 745. The summed E-state index contributed by atoms with van der Waals surface area (Å²) in [6.07, 6.45) is 2.47. The van der Waals surface area contributed by atoms with Crippen molar-refractivity contribution >= 4 is 23.7 Å². The van der Waals surface area contributed by atoms with Gasteiger partial charge in [0.2, 0.25) is 11.8 Å². The molecule has 178 valence electrons. The third-order valence-corrected chi connectivity index (χ3v) is 4.82. The van der Waals surface area contributed by atoms with Crippen molar-refractivity contribution in [3.8, 4) is 0 Å². The number of nitrogens with two attached hydrogens (primary N) is 3. The van der Waals surface area contributed by atoms with Crippen LogP contribution in [0.1, 0.15) is 37.7 Å². The maximum atomic E-state index is 12.9. The highest BCUT2D eigenvalue weighted by Gasteiger charge is 2.28. The monoisotopic (exact) mass is 449 g/mol.